The molecule has 4 aliphatic rings. The Kier molecular flexibility index (Phi) is 6.93. The number of phenolic OH excluding ortho intramolecular Hbond substituents is 1. The van der Waals surface area contributed by atoms with Crippen molar-refractivity contribution in [2.24, 2.45) is 17.8 Å². The summed E-state index contributed by atoms with van der Waals surface area (Å²) in [7, 11) is 0. The number of nitrogens with zero attached hydrogens (tertiary/aromatic N) is 2. The van der Waals surface area contributed by atoms with Crippen LogP contribution in [0.3, 0.4) is 0 Å². The lowest BCUT2D eigenvalue weighted by Crippen LogP contribution is -2.60. The maximum atomic E-state index is 15.0. The van der Waals surface area contributed by atoms with Crippen LogP contribution >= 0.6 is 23.2 Å². The van der Waals surface area contributed by atoms with Crippen molar-refractivity contribution in [3.05, 3.63) is 70.1 Å². The number of fused-ring (bicyclic) bond motifs is 4. The molecule has 0 spiro atoms. The molecule has 1 N–H and O–H groups in total. The molecule has 44 heavy (non-hydrogen) atoms. The Morgan fingerprint density at radius 3 is 2.11 bits per heavy atom. The van der Waals surface area contributed by atoms with Gasteiger partial charge in [-0.05, 0) is 49.3 Å². The SMILES string of the molecule is CCCN1C(=O)C2CC=C3C(CC4(Cl)C(=O)N(c5c(F)c(F)c(F)c(F)c5F)C(=O)C4(Cl)C3c3ccc(O)c(C)c3)C2C1=O. The van der Waals surface area contributed by atoms with Gasteiger partial charge in [-0.3, -0.25) is 24.1 Å². The normalized spacial score (nSPS) is 31.3. The molecule has 2 aliphatic carbocycles. The molecule has 2 aliphatic heterocycles. The molecule has 6 rings (SSSR count). The maximum Gasteiger partial charge on any atom is 0.258 e. The minimum absolute atomic E-state index is 0.0700. The Bertz CT molecular complexity index is 1710. The highest BCUT2D eigenvalue weighted by Crippen LogP contribution is 2.66. The number of aryl methyl sites for hydroxylation is 1. The number of allylic oxidation sites excluding steroid dienone is 2. The number of hydrogen-bond donors (Lipinski definition) is 1. The number of imide groups is 2. The molecule has 1 saturated carbocycles. The Morgan fingerprint density at radius 2 is 1.52 bits per heavy atom. The minimum Gasteiger partial charge on any atom is -0.508 e. The molecule has 2 saturated heterocycles. The van der Waals surface area contributed by atoms with Gasteiger partial charge in [-0.25, -0.2) is 26.9 Å². The van der Waals surface area contributed by atoms with Gasteiger partial charge < -0.3 is 5.11 Å². The van der Waals surface area contributed by atoms with E-state index in [-0.39, 0.29) is 29.2 Å². The highest BCUT2D eigenvalue weighted by Gasteiger charge is 2.77. The quantitative estimate of drug-likeness (QED) is 0.119. The molecular formula is C30H23Cl2F5N2O5. The van der Waals surface area contributed by atoms with E-state index in [2.05, 4.69) is 0 Å². The largest absolute Gasteiger partial charge is 0.508 e. The zero-order chi connectivity index (χ0) is 32.2. The van der Waals surface area contributed by atoms with Crippen LogP contribution in [-0.2, 0) is 19.2 Å². The number of phenols is 1. The molecule has 6 unspecified atom stereocenters. The van der Waals surface area contributed by atoms with E-state index in [4.69, 9.17) is 23.2 Å². The number of alkyl halides is 2. The number of benzene rings is 2. The van der Waals surface area contributed by atoms with E-state index < -0.39 is 98.2 Å². The molecule has 2 aromatic carbocycles. The molecule has 0 aromatic heterocycles. The van der Waals surface area contributed by atoms with Crippen molar-refractivity contribution in [3.8, 4) is 5.75 Å². The van der Waals surface area contributed by atoms with Gasteiger partial charge in [-0.1, -0.05) is 30.7 Å². The zero-order valence-electron chi connectivity index (χ0n) is 23.1. The van der Waals surface area contributed by atoms with Gasteiger partial charge in [-0.2, -0.15) is 0 Å². The Balaban J connectivity index is 1.60. The molecule has 2 aromatic rings. The topological polar surface area (TPSA) is 95.0 Å². The van der Waals surface area contributed by atoms with Crippen molar-refractivity contribution in [2.75, 3.05) is 11.4 Å². The summed E-state index contributed by atoms with van der Waals surface area (Å²) < 4.78 is 72.6. The number of halogens is 7. The van der Waals surface area contributed by atoms with Crippen LogP contribution in [-0.4, -0.2) is 49.9 Å². The third kappa shape index (κ3) is 3.67. The lowest BCUT2D eigenvalue weighted by molar-refractivity contribution is -0.140. The standard InChI is InChI=1S/C30H23Cl2F5N2O5/c1-3-8-38-25(41)14-6-5-13-15(17(14)26(38)42)10-29(31)27(43)39(24-22(36)20(34)19(33)21(35)23(24)37)28(44)30(29,32)18(13)12-4-7-16(40)11(2)9-12/h4-5,7,9,14-15,17-18,40H,3,6,8,10H2,1-2H3. The van der Waals surface area contributed by atoms with Crippen LogP contribution < -0.4 is 4.90 Å². The number of carbonyl (C=O) groups is 4. The molecular weight excluding hydrogens is 634 g/mol. The van der Waals surface area contributed by atoms with Crippen LogP contribution in [0.25, 0.3) is 0 Å². The van der Waals surface area contributed by atoms with E-state index in [1.54, 1.807) is 13.0 Å². The third-order valence-electron chi connectivity index (χ3n) is 9.31. The van der Waals surface area contributed by atoms with E-state index in [1.807, 2.05) is 0 Å². The summed E-state index contributed by atoms with van der Waals surface area (Å²) in [4.78, 5) is 50.8. The number of hydrogen-bond acceptors (Lipinski definition) is 5. The molecule has 0 bridgehead atoms. The Hall–Kier alpha value is -3.51. The molecule has 6 atom stereocenters. The number of carbonyl (C=O) groups excluding carboxylic acids is 4. The van der Waals surface area contributed by atoms with Crippen molar-refractivity contribution >= 4 is 52.5 Å². The van der Waals surface area contributed by atoms with Crippen LogP contribution in [0.5, 0.6) is 5.75 Å². The van der Waals surface area contributed by atoms with Crippen molar-refractivity contribution in [3.63, 3.8) is 0 Å². The maximum absolute atomic E-state index is 15.0. The van der Waals surface area contributed by atoms with E-state index in [1.165, 1.54) is 25.1 Å². The predicted octanol–water partition coefficient (Wildman–Crippen LogP) is 5.37. The molecule has 3 fully saturated rings. The first-order valence-corrected chi connectivity index (χ1v) is 14.5. The highest BCUT2D eigenvalue weighted by molar-refractivity contribution is 6.58. The fraction of sp³-hybridized carbons (Fsp3) is 0.400. The molecule has 0 radical (unpaired) electrons. The number of rotatable bonds is 4. The van der Waals surface area contributed by atoms with Gasteiger partial charge in [0.2, 0.25) is 17.6 Å². The summed E-state index contributed by atoms with van der Waals surface area (Å²) in [5, 5.41) is 10.2. The zero-order valence-corrected chi connectivity index (χ0v) is 24.6. The van der Waals surface area contributed by atoms with Crippen LogP contribution in [0.1, 0.15) is 43.2 Å². The molecule has 2 heterocycles. The monoisotopic (exact) mass is 656 g/mol. The van der Waals surface area contributed by atoms with E-state index in [0.717, 1.165) is 4.90 Å². The van der Waals surface area contributed by atoms with Crippen LogP contribution in [0.2, 0.25) is 0 Å². The molecule has 4 amide bonds. The van der Waals surface area contributed by atoms with E-state index in [9.17, 15) is 37.5 Å². The summed E-state index contributed by atoms with van der Waals surface area (Å²) in [5.41, 5.74) is -0.948. The second-order valence-corrected chi connectivity index (χ2v) is 12.8. The molecule has 14 heteroatoms. The van der Waals surface area contributed by atoms with Gasteiger partial charge in [0.15, 0.2) is 33.0 Å². The average Bonchev–Trinajstić information content (AvgIpc) is 3.31. The van der Waals surface area contributed by atoms with Crippen molar-refractivity contribution in [1.82, 2.24) is 4.90 Å². The average molecular weight is 657 g/mol. The predicted molar refractivity (Wildman–Crippen MR) is 146 cm³/mol. The number of anilines is 1. The van der Waals surface area contributed by atoms with Gasteiger partial charge in [0.1, 0.15) is 11.4 Å². The summed E-state index contributed by atoms with van der Waals surface area (Å²) in [6.45, 7) is 3.45. The first-order valence-electron chi connectivity index (χ1n) is 13.8. The smallest absolute Gasteiger partial charge is 0.258 e. The highest BCUT2D eigenvalue weighted by atomic mass is 35.5. The molecule has 7 nitrogen and oxygen atoms in total. The van der Waals surface area contributed by atoms with Gasteiger partial charge in [-0.15, -0.1) is 23.2 Å². The number of likely N-dealkylation sites (tertiary alicyclic amines) is 1. The summed E-state index contributed by atoms with van der Waals surface area (Å²) in [6, 6.07) is 4.11. The second kappa shape index (κ2) is 10.00. The lowest BCUT2D eigenvalue weighted by atomic mass is 9.56. The van der Waals surface area contributed by atoms with Crippen molar-refractivity contribution in [2.45, 2.75) is 48.8 Å². The van der Waals surface area contributed by atoms with Crippen LogP contribution in [0.15, 0.2) is 29.8 Å². The second-order valence-electron chi connectivity index (χ2n) is 11.6. The summed E-state index contributed by atoms with van der Waals surface area (Å²) in [5.74, 6) is -20.5. The minimum atomic E-state index is -2.60. The number of amides is 4. The first-order chi connectivity index (χ1) is 20.6. The summed E-state index contributed by atoms with van der Waals surface area (Å²) in [6.07, 6.45) is 1.61. The van der Waals surface area contributed by atoms with E-state index in [0.29, 0.717) is 17.6 Å². The van der Waals surface area contributed by atoms with E-state index >= 15 is 8.78 Å². The summed E-state index contributed by atoms with van der Waals surface area (Å²) >= 11 is 14.1. The molecule has 232 valence electrons. The van der Waals surface area contributed by atoms with Gasteiger partial charge in [0, 0.05) is 12.5 Å². The number of aromatic hydroxyl groups is 1. The first kappa shape index (κ1) is 30.5. The van der Waals surface area contributed by atoms with Crippen molar-refractivity contribution in [1.29, 1.82) is 0 Å². The van der Waals surface area contributed by atoms with Crippen LogP contribution in [0, 0.1) is 53.8 Å². The van der Waals surface area contributed by atoms with Crippen molar-refractivity contribution < 1.29 is 46.2 Å². The fourth-order valence-corrected chi connectivity index (χ4v) is 8.24. The Labute approximate surface area is 257 Å². The lowest BCUT2D eigenvalue weighted by Gasteiger charge is -2.50. The van der Waals surface area contributed by atoms with Gasteiger partial charge in [0.25, 0.3) is 11.8 Å². The van der Waals surface area contributed by atoms with Gasteiger partial charge in [0.05, 0.1) is 11.8 Å². The fourth-order valence-electron chi connectivity index (χ4n) is 7.31. The van der Waals surface area contributed by atoms with Gasteiger partial charge >= 0.3 is 0 Å². The van der Waals surface area contributed by atoms with Crippen LogP contribution in [0.4, 0.5) is 27.6 Å². The third-order valence-corrected chi connectivity index (χ3v) is 10.7. The Morgan fingerprint density at radius 1 is 0.909 bits per heavy atom.